The van der Waals surface area contributed by atoms with Gasteiger partial charge in [-0.1, -0.05) is 0 Å². The Balaban J connectivity index is 2.41. The van der Waals surface area contributed by atoms with Crippen molar-refractivity contribution in [3.05, 3.63) is 41.9 Å². The first-order valence-electron chi connectivity index (χ1n) is 5.83. The number of aryl methyl sites for hydroxylation is 2. The van der Waals surface area contributed by atoms with Crippen LogP contribution in [0.1, 0.15) is 11.4 Å². The minimum absolute atomic E-state index is 0.0255. The fraction of sp³-hybridized carbons (Fsp3) is 0.167. The number of aromatic nitrogens is 2. The summed E-state index contributed by atoms with van der Waals surface area (Å²) in [5.41, 5.74) is 4.10. The van der Waals surface area contributed by atoms with Gasteiger partial charge < -0.3 is 5.43 Å². The van der Waals surface area contributed by atoms with Crippen molar-refractivity contribution >= 4 is 21.5 Å². The van der Waals surface area contributed by atoms with Crippen LogP contribution in [0.15, 0.2) is 35.4 Å². The average Bonchev–Trinajstić information content (AvgIpc) is 2.42. The summed E-state index contributed by atoms with van der Waals surface area (Å²) in [4.78, 5) is 8.06. The van der Waals surface area contributed by atoms with Crippen LogP contribution in [0.25, 0.3) is 0 Å². The number of nitrogens with one attached hydrogen (secondary N) is 2. The molecule has 8 heteroatoms. The van der Waals surface area contributed by atoms with E-state index in [0.717, 1.165) is 5.69 Å². The highest BCUT2D eigenvalue weighted by molar-refractivity contribution is 7.92. The second-order valence-corrected chi connectivity index (χ2v) is 5.84. The molecule has 0 bridgehead atoms. The zero-order valence-corrected chi connectivity index (χ0v) is 11.9. The minimum Gasteiger partial charge on any atom is -0.307 e. The van der Waals surface area contributed by atoms with Crippen LogP contribution in [0.3, 0.4) is 0 Å². The number of rotatable bonds is 4. The Hall–Kier alpha value is -2.19. The molecule has 4 N–H and O–H groups in total. The van der Waals surface area contributed by atoms with Gasteiger partial charge in [-0.25, -0.2) is 19.2 Å². The molecule has 0 atom stereocenters. The minimum atomic E-state index is -3.79. The Labute approximate surface area is 117 Å². The number of nitrogens with two attached hydrogens (primary N) is 1. The van der Waals surface area contributed by atoms with Gasteiger partial charge in [-0.3, -0.25) is 9.71 Å². The van der Waals surface area contributed by atoms with Gasteiger partial charge >= 0.3 is 0 Å². The molecule has 0 spiro atoms. The molecule has 2 heterocycles. The van der Waals surface area contributed by atoms with Crippen LogP contribution < -0.4 is 16.0 Å². The van der Waals surface area contributed by atoms with Crippen LogP contribution in [-0.4, -0.2) is 18.4 Å². The van der Waals surface area contributed by atoms with Crippen LogP contribution in [0, 0.1) is 13.8 Å². The van der Waals surface area contributed by atoms with Crippen LogP contribution in [-0.2, 0) is 10.0 Å². The molecule has 0 aliphatic carbocycles. The van der Waals surface area contributed by atoms with Gasteiger partial charge in [0.25, 0.3) is 10.0 Å². The predicted molar refractivity (Wildman–Crippen MR) is 76.6 cm³/mol. The maximum Gasteiger partial charge on any atom is 0.265 e. The van der Waals surface area contributed by atoms with Crippen molar-refractivity contribution in [1.29, 1.82) is 0 Å². The smallest absolute Gasteiger partial charge is 0.265 e. The van der Waals surface area contributed by atoms with Gasteiger partial charge in [0, 0.05) is 11.9 Å². The normalized spacial score (nSPS) is 11.2. The van der Waals surface area contributed by atoms with Gasteiger partial charge in [0.15, 0.2) is 5.82 Å². The summed E-state index contributed by atoms with van der Waals surface area (Å²) in [6, 6.07) is 6.34. The van der Waals surface area contributed by atoms with E-state index in [0.29, 0.717) is 11.4 Å². The second kappa shape index (κ2) is 5.43. The Morgan fingerprint density at radius 3 is 2.60 bits per heavy atom. The first-order valence-corrected chi connectivity index (χ1v) is 7.31. The molecule has 106 valence electrons. The molecule has 2 aromatic rings. The first-order chi connectivity index (χ1) is 9.44. The van der Waals surface area contributed by atoms with E-state index in [1.165, 1.54) is 18.3 Å². The van der Waals surface area contributed by atoms with Crippen molar-refractivity contribution in [1.82, 2.24) is 9.97 Å². The topological polar surface area (TPSA) is 110 Å². The Kier molecular flexibility index (Phi) is 3.86. The number of hydrazine groups is 1. The quantitative estimate of drug-likeness (QED) is 0.577. The summed E-state index contributed by atoms with van der Waals surface area (Å²) in [7, 11) is -3.79. The fourth-order valence-electron chi connectivity index (χ4n) is 1.71. The molecular weight excluding hydrogens is 278 g/mol. The number of anilines is 2. The standard InChI is InChI=1S/C12H15N5O2S/c1-8-5-6-10(9(2)15-8)17-20(18,19)11-4-3-7-14-12(11)16-13/h3-7,17H,13H2,1-2H3,(H,14,16). The number of hydrogen-bond acceptors (Lipinski definition) is 6. The SMILES string of the molecule is Cc1ccc(NS(=O)(=O)c2cccnc2NN)c(C)n1. The first kappa shape index (κ1) is 14.2. The van der Waals surface area contributed by atoms with Crippen molar-refractivity contribution in [2.45, 2.75) is 18.7 Å². The van der Waals surface area contributed by atoms with Crippen molar-refractivity contribution < 1.29 is 8.42 Å². The predicted octanol–water partition coefficient (Wildman–Crippen LogP) is 1.18. The second-order valence-electron chi connectivity index (χ2n) is 4.19. The van der Waals surface area contributed by atoms with E-state index in [2.05, 4.69) is 20.1 Å². The lowest BCUT2D eigenvalue weighted by Crippen LogP contribution is -2.19. The molecule has 0 fully saturated rings. The van der Waals surface area contributed by atoms with Gasteiger partial charge in [-0.15, -0.1) is 0 Å². The van der Waals surface area contributed by atoms with E-state index in [1.807, 2.05) is 6.92 Å². The van der Waals surface area contributed by atoms with Crippen LogP contribution in [0.5, 0.6) is 0 Å². The third-order valence-electron chi connectivity index (χ3n) is 2.67. The molecule has 7 nitrogen and oxygen atoms in total. The molecule has 0 radical (unpaired) electrons. The van der Waals surface area contributed by atoms with Crippen molar-refractivity contribution in [2.75, 3.05) is 10.1 Å². The van der Waals surface area contributed by atoms with Crippen molar-refractivity contribution in [3.63, 3.8) is 0 Å². The lowest BCUT2D eigenvalue weighted by molar-refractivity contribution is 0.601. The lowest BCUT2D eigenvalue weighted by atomic mass is 10.3. The largest absolute Gasteiger partial charge is 0.307 e. The summed E-state index contributed by atoms with van der Waals surface area (Å²) >= 11 is 0. The highest BCUT2D eigenvalue weighted by Gasteiger charge is 2.20. The van der Waals surface area contributed by atoms with Gasteiger partial charge in [-0.05, 0) is 38.1 Å². The Bertz CT molecular complexity index is 730. The van der Waals surface area contributed by atoms with Gasteiger partial charge in [0.1, 0.15) is 4.90 Å². The maximum absolute atomic E-state index is 12.3. The average molecular weight is 293 g/mol. The third kappa shape index (κ3) is 2.86. The molecule has 0 aromatic carbocycles. The van der Waals surface area contributed by atoms with Crippen molar-refractivity contribution in [2.24, 2.45) is 5.84 Å². The summed E-state index contributed by atoms with van der Waals surface area (Å²) in [5, 5.41) is 0. The third-order valence-corrected chi connectivity index (χ3v) is 4.06. The fourth-order valence-corrected chi connectivity index (χ4v) is 2.95. The summed E-state index contributed by atoms with van der Waals surface area (Å²) in [6.45, 7) is 3.57. The van der Waals surface area contributed by atoms with Crippen molar-refractivity contribution in [3.8, 4) is 0 Å². The van der Waals surface area contributed by atoms with Gasteiger partial charge in [-0.2, -0.15) is 0 Å². The molecular formula is C12H15N5O2S. The zero-order valence-electron chi connectivity index (χ0n) is 11.1. The molecule has 0 unspecified atom stereocenters. The summed E-state index contributed by atoms with van der Waals surface area (Å²) < 4.78 is 27.2. The molecule has 0 aliphatic rings. The lowest BCUT2D eigenvalue weighted by Gasteiger charge is -2.12. The van der Waals surface area contributed by atoms with E-state index in [1.54, 1.807) is 19.1 Å². The van der Waals surface area contributed by atoms with Gasteiger partial charge in [0.2, 0.25) is 0 Å². The van der Waals surface area contributed by atoms with E-state index >= 15 is 0 Å². The maximum atomic E-state index is 12.3. The molecule has 0 amide bonds. The number of sulfonamides is 1. The molecule has 20 heavy (non-hydrogen) atoms. The van der Waals surface area contributed by atoms with E-state index in [4.69, 9.17) is 5.84 Å². The summed E-state index contributed by atoms with van der Waals surface area (Å²) in [6.07, 6.45) is 1.45. The summed E-state index contributed by atoms with van der Waals surface area (Å²) in [5.74, 6) is 5.35. The number of pyridine rings is 2. The number of nitrogen functional groups attached to an aromatic ring is 1. The monoisotopic (exact) mass is 293 g/mol. The van der Waals surface area contributed by atoms with E-state index < -0.39 is 10.0 Å². The zero-order chi connectivity index (χ0) is 14.8. The molecule has 2 aromatic heterocycles. The molecule has 2 rings (SSSR count). The Morgan fingerprint density at radius 1 is 1.20 bits per heavy atom. The molecule has 0 saturated heterocycles. The Morgan fingerprint density at radius 2 is 1.95 bits per heavy atom. The van der Waals surface area contributed by atoms with E-state index in [-0.39, 0.29) is 10.7 Å². The van der Waals surface area contributed by atoms with Crippen LogP contribution in [0.2, 0.25) is 0 Å². The van der Waals surface area contributed by atoms with Gasteiger partial charge in [0.05, 0.1) is 11.4 Å². The molecule has 0 saturated carbocycles. The highest BCUT2D eigenvalue weighted by atomic mass is 32.2. The highest BCUT2D eigenvalue weighted by Crippen LogP contribution is 2.22. The van der Waals surface area contributed by atoms with E-state index in [9.17, 15) is 8.42 Å². The number of nitrogens with zero attached hydrogens (tertiary/aromatic N) is 2. The molecule has 0 aliphatic heterocycles. The number of hydrogen-bond donors (Lipinski definition) is 3. The van der Waals surface area contributed by atoms with Crippen LogP contribution in [0.4, 0.5) is 11.5 Å². The van der Waals surface area contributed by atoms with Crippen LogP contribution >= 0.6 is 0 Å².